The molecule has 0 bridgehead atoms. The van der Waals surface area contributed by atoms with Crippen LogP contribution in [0.5, 0.6) is 0 Å². The third-order valence-corrected chi connectivity index (χ3v) is 2.31. The molecule has 58 valence electrons. The lowest BCUT2D eigenvalue weighted by Crippen LogP contribution is -2.06. The molecule has 1 heteroatoms. The zero-order valence-electron chi connectivity index (χ0n) is 7.09. The minimum Gasteiger partial charge on any atom is -0.289 e. The molecular weight excluding hydrogens is 134 g/mol. The summed E-state index contributed by atoms with van der Waals surface area (Å²) in [6.07, 6.45) is 6.64. The molecule has 0 amide bonds. The largest absolute Gasteiger partial charge is 0.289 e. The Labute approximate surface area is 67.5 Å². The molecule has 0 saturated heterocycles. The van der Waals surface area contributed by atoms with E-state index in [2.05, 4.69) is 24.9 Å². The summed E-state index contributed by atoms with van der Waals surface area (Å²) in [5, 5.41) is 0. The van der Waals surface area contributed by atoms with Crippen molar-refractivity contribution in [3.63, 3.8) is 0 Å². The molecule has 2 aliphatic rings. The van der Waals surface area contributed by atoms with E-state index in [1.165, 1.54) is 24.0 Å². The molecule has 1 nitrogen and oxygen atoms in total. The Hall–Kier alpha value is -0.850. The lowest BCUT2D eigenvalue weighted by Gasteiger charge is -2.13. The van der Waals surface area contributed by atoms with E-state index < -0.39 is 0 Å². The Morgan fingerprint density at radius 1 is 1.55 bits per heavy atom. The molecule has 0 radical (unpaired) electrons. The molecule has 1 atom stereocenters. The van der Waals surface area contributed by atoms with E-state index in [9.17, 15) is 0 Å². The van der Waals surface area contributed by atoms with Gasteiger partial charge in [0.1, 0.15) is 0 Å². The number of aliphatic imine (C=N–C) groups is 1. The highest BCUT2D eigenvalue weighted by molar-refractivity contribution is 5.86. The fourth-order valence-electron chi connectivity index (χ4n) is 1.79. The van der Waals surface area contributed by atoms with Crippen molar-refractivity contribution in [1.82, 2.24) is 0 Å². The molecule has 1 aliphatic heterocycles. The molecule has 0 aromatic carbocycles. The van der Waals surface area contributed by atoms with Gasteiger partial charge in [-0.3, -0.25) is 4.99 Å². The predicted molar refractivity (Wildman–Crippen MR) is 48.0 cm³/mol. The second-order valence-electron chi connectivity index (χ2n) is 3.56. The SMILES string of the molecule is CC1=CC2=C(C1)CC(C)N=C2. The monoisotopic (exact) mass is 147 g/mol. The molecule has 0 spiro atoms. The zero-order valence-corrected chi connectivity index (χ0v) is 7.09. The van der Waals surface area contributed by atoms with E-state index in [-0.39, 0.29) is 0 Å². The first kappa shape index (κ1) is 6.84. The summed E-state index contributed by atoms with van der Waals surface area (Å²) < 4.78 is 0. The molecule has 11 heavy (non-hydrogen) atoms. The van der Waals surface area contributed by atoms with E-state index >= 15 is 0 Å². The number of rotatable bonds is 0. The fraction of sp³-hybridized carbons (Fsp3) is 0.500. The third kappa shape index (κ3) is 1.15. The highest BCUT2D eigenvalue weighted by Crippen LogP contribution is 2.30. The van der Waals surface area contributed by atoms with Crippen LogP contribution in [0, 0.1) is 0 Å². The van der Waals surface area contributed by atoms with Crippen LogP contribution in [0.3, 0.4) is 0 Å². The van der Waals surface area contributed by atoms with Gasteiger partial charge >= 0.3 is 0 Å². The Morgan fingerprint density at radius 3 is 3.18 bits per heavy atom. The zero-order chi connectivity index (χ0) is 7.84. The molecule has 0 aromatic rings. The van der Waals surface area contributed by atoms with Gasteiger partial charge in [0.05, 0.1) is 6.04 Å². The average molecular weight is 147 g/mol. The van der Waals surface area contributed by atoms with Gasteiger partial charge in [-0.25, -0.2) is 0 Å². The number of nitrogens with zero attached hydrogens (tertiary/aromatic N) is 1. The lowest BCUT2D eigenvalue weighted by atomic mass is 10.0. The van der Waals surface area contributed by atoms with Crippen LogP contribution in [0.1, 0.15) is 26.7 Å². The van der Waals surface area contributed by atoms with Crippen molar-refractivity contribution in [2.45, 2.75) is 32.7 Å². The van der Waals surface area contributed by atoms with Crippen LogP contribution in [0.4, 0.5) is 0 Å². The van der Waals surface area contributed by atoms with Crippen LogP contribution < -0.4 is 0 Å². The maximum absolute atomic E-state index is 4.38. The van der Waals surface area contributed by atoms with E-state index in [4.69, 9.17) is 0 Å². The van der Waals surface area contributed by atoms with Crippen molar-refractivity contribution < 1.29 is 0 Å². The predicted octanol–water partition coefficient (Wildman–Crippen LogP) is 2.50. The fourth-order valence-corrected chi connectivity index (χ4v) is 1.79. The van der Waals surface area contributed by atoms with Crippen molar-refractivity contribution in [3.8, 4) is 0 Å². The van der Waals surface area contributed by atoms with Gasteiger partial charge in [0.2, 0.25) is 0 Å². The standard InChI is InChI=1S/C10H13N/c1-7-3-9-5-8(2)11-6-10(9)4-7/h4,6,8H,3,5H2,1-2H3. The number of allylic oxidation sites excluding steroid dienone is 3. The topological polar surface area (TPSA) is 12.4 Å². The summed E-state index contributed by atoms with van der Waals surface area (Å²) in [5.74, 6) is 0. The first-order chi connectivity index (χ1) is 5.25. The Morgan fingerprint density at radius 2 is 2.36 bits per heavy atom. The van der Waals surface area contributed by atoms with Gasteiger partial charge in [0.25, 0.3) is 0 Å². The summed E-state index contributed by atoms with van der Waals surface area (Å²) >= 11 is 0. The van der Waals surface area contributed by atoms with Crippen LogP contribution in [0.2, 0.25) is 0 Å². The molecule has 1 heterocycles. The number of dihydropyridines is 1. The molecule has 0 aromatic heterocycles. The molecule has 0 N–H and O–H groups in total. The minimum absolute atomic E-state index is 0.507. The van der Waals surface area contributed by atoms with Crippen LogP contribution in [-0.4, -0.2) is 12.3 Å². The third-order valence-electron chi connectivity index (χ3n) is 2.31. The average Bonchev–Trinajstić information content (AvgIpc) is 2.27. The first-order valence-electron chi connectivity index (χ1n) is 4.18. The van der Waals surface area contributed by atoms with Gasteiger partial charge < -0.3 is 0 Å². The van der Waals surface area contributed by atoms with Crippen molar-refractivity contribution in [3.05, 3.63) is 22.8 Å². The molecule has 1 aliphatic carbocycles. The first-order valence-corrected chi connectivity index (χ1v) is 4.18. The molecule has 1 unspecified atom stereocenters. The van der Waals surface area contributed by atoms with Gasteiger partial charge in [-0.05, 0) is 32.3 Å². The molecule has 0 fully saturated rings. The van der Waals surface area contributed by atoms with E-state index in [0.717, 1.165) is 0 Å². The summed E-state index contributed by atoms with van der Waals surface area (Å²) in [7, 11) is 0. The van der Waals surface area contributed by atoms with E-state index in [0.29, 0.717) is 6.04 Å². The normalized spacial score (nSPS) is 28.9. The Kier molecular flexibility index (Phi) is 1.45. The van der Waals surface area contributed by atoms with Crippen molar-refractivity contribution in [2.24, 2.45) is 4.99 Å². The van der Waals surface area contributed by atoms with Gasteiger partial charge in [0.15, 0.2) is 0 Å². The summed E-state index contributed by atoms with van der Waals surface area (Å²) in [5.41, 5.74) is 4.45. The van der Waals surface area contributed by atoms with Crippen molar-refractivity contribution in [1.29, 1.82) is 0 Å². The van der Waals surface area contributed by atoms with Gasteiger partial charge in [-0.15, -0.1) is 0 Å². The van der Waals surface area contributed by atoms with E-state index in [1.807, 2.05) is 6.21 Å². The maximum atomic E-state index is 4.38. The van der Waals surface area contributed by atoms with Gasteiger partial charge in [-0.1, -0.05) is 17.2 Å². The second-order valence-corrected chi connectivity index (χ2v) is 3.56. The van der Waals surface area contributed by atoms with Crippen LogP contribution in [0.15, 0.2) is 27.8 Å². The van der Waals surface area contributed by atoms with E-state index in [1.54, 1.807) is 5.57 Å². The van der Waals surface area contributed by atoms with Crippen LogP contribution >= 0.6 is 0 Å². The Bertz CT molecular complexity index is 269. The quantitative estimate of drug-likeness (QED) is 0.499. The lowest BCUT2D eigenvalue weighted by molar-refractivity contribution is 0.716. The maximum Gasteiger partial charge on any atom is 0.0509 e. The number of hydrogen-bond donors (Lipinski definition) is 0. The van der Waals surface area contributed by atoms with Crippen LogP contribution in [0.25, 0.3) is 0 Å². The van der Waals surface area contributed by atoms with Gasteiger partial charge in [0, 0.05) is 6.21 Å². The summed E-state index contributed by atoms with van der Waals surface area (Å²) in [6, 6.07) is 0.507. The number of hydrogen-bond acceptors (Lipinski definition) is 1. The Balaban J connectivity index is 2.26. The second kappa shape index (κ2) is 2.33. The molecule has 0 saturated carbocycles. The van der Waals surface area contributed by atoms with Crippen molar-refractivity contribution >= 4 is 6.21 Å². The van der Waals surface area contributed by atoms with Gasteiger partial charge in [-0.2, -0.15) is 0 Å². The molecule has 2 rings (SSSR count). The van der Waals surface area contributed by atoms with Crippen LogP contribution in [-0.2, 0) is 0 Å². The summed E-state index contributed by atoms with van der Waals surface area (Å²) in [6.45, 7) is 4.37. The smallest absolute Gasteiger partial charge is 0.0509 e. The minimum atomic E-state index is 0.507. The molecular formula is C10H13N. The highest BCUT2D eigenvalue weighted by atomic mass is 14.8. The summed E-state index contributed by atoms with van der Waals surface area (Å²) in [4.78, 5) is 4.38. The van der Waals surface area contributed by atoms with Crippen molar-refractivity contribution in [2.75, 3.05) is 0 Å². The highest BCUT2D eigenvalue weighted by Gasteiger charge is 2.17.